The number of benzene rings is 1. The molecule has 102 valence electrons. The Balaban J connectivity index is 2.85. The average Bonchev–Trinajstić information content (AvgIpc) is 2.38. The lowest BCUT2D eigenvalue weighted by molar-refractivity contribution is -0.396. The van der Waals surface area contributed by atoms with Gasteiger partial charge in [0.2, 0.25) is 5.91 Å². The van der Waals surface area contributed by atoms with Gasteiger partial charge in [0.1, 0.15) is 0 Å². The maximum absolute atomic E-state index is 11.0. The Hall–Kier alpha value is -1.81. The highest BCUT2D eigenvalue weighted by atomic mass is 33.1. The monoisotopic (exact) mass is 303 g/mol. The van der Waals surface area contributed by atoms with Crippen LogP contribution in [0.5, 0.6) is 0 Å². The highest BCUT2D eigenvalue weighted by Crippen LogP contribution is 2.38. The minimum atomic E-state index is -0.695. The Kier molecular flexibility index (Phi) is 5.57. The summed E-state index contributed by atoms with van der Waals surface area (Å²) in [7, 11) is 3.63. The standard InChI is InChI=1S/C9H9N3O5S2/c1-10-9(13)5-18-19-8-3-2-6(11(14)15)4-7(8)12(16)17/h2-4H,5H2,1H3,(H,10,13). The van der Waals surface area contributed by atoms with E-state index in [1.165, 1.54) is 19.2 Å². The first-order valence-electron chi connectivity index (χ1n) is 4.88. The summed E-state index contributed by atoms with van der Waals surface area (Å²) >= 11 is 0. The van der Waals surface area contributed by atoms with Gasteiger partial charge in [-0.3, -0.25) is 25.0 Å². The molecule has 8 nitrogen and oxygen atoms in total. The second-order valence-corrected chi connectivity index (χ2v) is 5.52. The summed E-state index contributed by atoms with van der Waals surface area (Å²) < 4.78 is 0. The number of nitrogens with zero attached hydrogens (tertiary/aromatic N) is 2. The molecule has 0 spiro atoms. The van der Waals surface area contributed by atoms with Crippen LogP contribution >= 0.6 is 21.6 Å². The van der Waals surface area contributed by atoms with Crippen molar-refractivity contribution in [2.24, 2.45) is 0 Å². The lowest BCUT2D eigenvalue weighted by Gasteiger charge is -2.02. The maximum Gasteiger partial charge on any atom is 0.290 e. The topological polar surface area (TPSA) is 115 Å². The van der Waals surface area contributed by atoms with Gasteiger partial charge in [-0.15, -0.1) is 0 Å². The van der Waals surface area contributed by atoms with Crippen LogP contribution in [-0.2, 0) is 4.79 Å². The highest BCUT2D eigenvalue weighted by molar-refractivity contribution is 8.76. The van der Waals surface area contributed by atoms with E-state index < -0.39 is 9.85 Å². The molecular weight excluding hydrogens is 294 g/mol. The van der Waals surface area contributed by atoms with E-state index in [2.05, 4.69) is 5.32 Å². The van der Waals surface area contributed by atoms with E-state index in [-0.39, 0.29) is 27.9 Å². The van der Waals surface area contributed by atoms with E-state index in [0.29, 0.717) is 0 Å². The molecule has 1 N–H and O–H groups in total. The van der Waals surface area contributed by atoms with Crippen LogP contribution in [0.2, 0.25) is 0 Å². The van der Waals surface area contributed by atoms with Gasteiger partial charge in [-0.2, -0.15) is 0 Å². The number of nitro groups is 2. The van der Waals surface area contributed by atoms with E-state index >= 15 is 0 Å². The molecule has 0 aliphatic heterocycles. The maximum atomic E-state index is 11.0. The van der Waals surface area contributed by atoms with Crippen molar-refractivity contribution in [3.8, 4) is 0 Å². The second-order valence-electron chi connectivity index (χ2n) is 3.18. The van der Waals surface area contributed by atoms with Gasteiger partial charge in [0, 0.05) is 13.1 Å². The number of amides is 1. The lowest BCUT2D eigenvalue weighted by Crippen LogP contribution is -2.19. The summed E-state index contributed by atoms with van der Waals surface area (Å²) in [4.78, 5) is 31.3. The van der Waals surface area contributed by atoms with Crippen molar-refractivity contribution in [2.45, 2.75) is 4.90 Å². The zero-order chi connectivity index (χ0) is 14.4. The number of hydrogen-bond donors (Lipinski definition) is 1. The molecule has 10 heteroatoms. The highest BCUT2D eigenvalue weighted by Gasteiger charge is 2.20. The number of carbonyl (C=O) groups is 1. The number of non-ortho nitro benzene ring substituents is 1. The summed E-state index contributed by atoms with van der Waals surface area (Å²) in [6, 6.07) is 3.40. The normalized spacial score (nSPS) is 9.95. The predicted octanol–water partition coefficient (Wildman–Crippen LogP) is 1.99. The average molecular weight is 303 g/mol. The van der Waals surface area contributed by atoms with Gasteiger partial charge in [-0.25, -0.2) is 0 Å². The van der Waals surface area contributed by atoms with Crippen molar-refractivity contribution < 1.29 is 14.6 Å². The molecule has 0 saturated heterocycles. The van der Waals surface area contributed by atoms with Gasteiger partial charge in [0.15, 0.2) is 0 Å². The number of hydrogen-bond acceptors (Lipinski definition) is 7. The molecule has 0 bridgehead atoms. The van der Waals surface area contributed by atoms with Crippen molar-refractivity contribution in [1.82, 2.24) is 5.32 Å². The van der Waals surface area contributed by atoms with Gasteiger partial charge in [0.05, 0.1) is 26.6 Å². The van der Waals surface area contributed by atoms with Crippen LogP contribution in [0, 0.1) is 20.2 Å². The van der Waals surface area contributed by atoms with E-state index in [4.69, 9.17) is 0 Å². The quantitative estimate of drug-likeness (QED) is 0.485. The smallest absolute Gasteiger partial charge is 0.290 e. The Bertz CT molecular complexity index is 523. The van der Waals surface area contributed by atoms with Crippen LogP contribution in [0.25, 0.3) is 0 Å². The molecule has 0 unspecified atom stereocenters. The molecular formula is C9H9N3O5S2. The summed E-state index contributed by atoms with van der Waals surface area (Å²) in [6.45, 7) is 0. The summed E-state index contributed by atoms with van der Waals surface area (Å²) in [5.74, 6) is -0.0722. The van der Waals surface area contributed by atoms with Crippen LogP contribution in [0.1, 0.15) is 0 Å². The van der Waals surface area contributed by atoms with E-state index in [9.17, 15) is 25.0 Å². The zero-order valence-corrected chi connectivity index (χ0v) is 11.3. The molecule has 0 aliphatic carbocycles. The second kappa shape index (κ2) is 6.95. The van der Waals surface area contributed by atoms with Crippen LogP contribution in [0.4, 0.5) is 11.4 Å². The minimum absolute atomic E-state index is 0.134. The number of rotatable bonds is 6. The lowest BCUT2D eigenvalue weighted by atomic mass is 10.3. The Labute approximate surface area is 115 Å². The Morgan fingerprint density at radius 2 is 2.00 bits per heavy atom. The molecule has 0 fully saturated rings. The fourth-order valence-electron chi connectivity index (χ4n) is 1.05. The fourth-order valence-corrected chi connectivity index (χ4v) is 3.13. The third kappa shape index (κ3) is 4.41. The molecule has 0 saturated carbocycles. The molecule has 0 atom stereocenters. The van der Waals surface area contributed by atoms with Crippen LogP contribution in [0.15, 0.2) is 23.1 Å². The number of carbonyl (C=O) groups excluding carboxylic acids is 1. The third-order valence-electron chi connectivity index (χ3n) is 1.97. The molecule has 19 heavy (non-hydrogen) atoms. The van der Waals surface area contributed by atoms with Crippen molar-refractivity contribution >= 4 is 38.9 Å². The molecule has 0 heterocycles. The van der Waals surface area contributed by atoms with Crippen LogP contribution < -0.4 is 5.32 Å². The summed E-state index contributed by atoms with van der Waals surface area (Å²) in [5, 5.41) is 23.8. The van der Waals surface area contributed by atoms with Gasteiger partial charge in [0.25, 0.3) is 11.4 Å². The van der Waals surface area contributed by atoms with E-state index in [1.54, 1.807) is 0 Å². The molecule has 1 amide bonds. The van der Waals surface area contributed by atoms with Crippen molar-refractivity contribution in [3.05, 3.63) is 38.4 Å². The Morgan fingerprint density at radius 3 is 2.53 bits per heavy atom. The number of nitro benzene ring substituents is 2. The van der Waals surface area contributed by atoms with Gasteiger partial charge >= 0.3 is 0 Å². The van der Waals surface area contributed by atoms with Gasteiger partial charge < -0.3 is 5.32 Å². The molecule has 1 rings (SSSR count). The predicted molar refractivity (Wildman–Crippen MR) is 72.1 cm³/mol. The van der Waals surface area contributed by atoms with Crippen LogP contribution in [0.3, 0.4) is 0 Å². The Morgan fingerprint density at radius 1 is 1.32 bits per heavy atom. The third-order valence-corrected chi connectivity index (χ3v) is 4.24. The first kappa shape index (κ1) is 15.2. The largest absolute Gasteiger partial charge is 0.358 e. The first-order valence-corrected chi connectivity index (χ1v) is 7.20. The van der Waals surface area contributed by atoms with Crippen molar-refractivity contribution in [3.63, 3.8) is 0 Å². The molecule has 0 aliphatic rings. The number of nitrogens with one attached hydrogen (secondary N) is 1. The van der Waals surface area contributed by atoms with E-state index in [1.807, 2.05) is 0 Å². The summed E-state index contributed by atoms with van der Waals surface area (Å²) in [5.41, 5.74) is -0.684. The zero-order valence-electron chi connectivity index (χ0n) is 9.69. The van der Waals surface area contributed by atoms with E-state index in [0.717, 1.165) is 27.7 Å². The molecule has 0 aromatic heterocycles. The molecule has 1 aromatic carbocycles. The summed E-state index contributed by atoms with van der Waals surface area (Å²) in [6.07, 6.45) is 0. The first-order chi connectivity index (χ1) is 8.95. The van der Waals surface area contributed by atoms with Gasteiger partial charge in [-0.1, -0.05) is 10.8 Å². The van der Waals surface area contributed by atoms with Crippen molar-refractivity contribution in [1.29, 1.82) is 0 Å². The van der Waals surface area contributed by atoms with Crippen LogP contribution in [-0.4, -0.2) is 28.6 Å². The SMILES string of the molecule is CNC(=O)CSSc1ccc([N+](=O)[O-])cc1[N+](=O)[O-]. The molecule has 0 radical (unpaired) electrons. The fraction of sp³-hybridized carbons (Fsp3) is 0.222. The van der Waals surface area contributed by atoms with Crippen molar-refractivity contribution in [2.75, 3.05) is 12.8 Å². The van der Waals surface area contributed by atoms with Gasteiger partial charge in [-0.05, 0) is 16.9 Å². The molecule has 1 aromatic rings. The minimum Gasteiger partial charge on any atom is -0.358 e.